The Hall–Kier alpha value is -3.06. The predicted molar refractivity (Wildman–Crippen MR) is 104 cm³/mol. The molecule has 0 atom stereocenters. The molecule has 3 heterocycles. The summed E-state index contributed by atoms with van der Waals surface area (Å²) in [6.45, 7) is 2.61. The van der Waals surface area contributed by atoms with Crippen LogP contribution in [0, 0.1) is 5.82 Å². The molecule has 0 unspecified atom stereocenters. The molecule has 2 aromatic carbocycles. The van der Waals surface area contributed by atoms with E-state index in [4.69, 9.17) is 4.52 Å². The molecule has 0 aliphatic carbocycles. The van der Waals surface area contributed by atoms with Gasteiger partial charge in [-0.05, 0) is 50.2 Å². The predicted octanol–water partition coefficient (Wildman–Crippen LogP) is 3.44. The maximum Gasteiger partial charge on any atom is 0.261 e. The summed E-state index contributed by atoms with van der Waals surface area (Å²) in [5.41, 5.74) is 2.14. The monoisotopic (exact) mass is 393 g/mol. The van der Waals surface area contributed by atoms with Gasteiger partial charge in [0.2, 0.25) is 0 Å². The topological polar surface area (TPSA) is 66.7 Å². The fourth-order valence-electron chi connectivity index (χ4n) is 4.37. The zero-order chi connectivity index (χ0) is 20.0. The molecule has 2 aliphatic rings. The quantitative estimate of drug-likeness (QED) is 0.636. The lowest BCUT2D eigenvalue weighted by Crippen LogP contribution is -2.41. The second-order valence-electron chi connectivity index (χ2n) is 7.60. The fraction of sp³-hybridized carbons (Fsp3) is 0.318. The van der Waals surface area contributed by atoms with Crippen molar-refractivity contribution in [2.24, 2.45) is 0 Å². The van der Waals surface area contributed by atoms with E-state index in [0.717, 1.165) is 25.9 Å². The summed E-state index contributed by atoms with van der Waals surface area (Å²) in [7, 11) is 0. The Balaban J connectivity index is 1.21. The number of nitrogens with zero attached hydrogens (tertiary/aromatic N) is 3. The Kier molecular flexibility index (Phi) is 4.39. The number of likely N-dealkylation sites (tertiary alicyclic amines) is 1. The van der Waals surface area contributed by atoms with E-state index in [0.29, 0.717) is 40.9 Å². The average molecular weight is 393 g/mol. The first kappa shape index (κ1) is 18.0. The Morgan fingerprint density at radius 3 is 2.34 bits per heavy atom. The molecule has 5 rings (SSSR count). The normalized spacial score (nSPS) is 18.0. The Morgan fingerprint density at radius 1 is 0.966 bits per heavy atom. The summed E-state index contributed by atoms with van der Waals surface area (Å²) in [4.78, 5) is 28.5. The maximum absolute atomic E-state index is 14.2. The van der Waals surface area contributed by atoms with Gasteiger partial charge in [0.1, 0.15) is 5.82 Å². The van der Waals surface area contributed by atoms with Gasteiger partial charge in [-0.3, -0.25) is 14.5 Å². The minimum absolute atomic E-state index is 0.142. The van der Waals surface area contributed by atoms with Crippen molar-refractivity contribution < 1.29 is 18.5 Å². The van der Waals surface area contributed by atoms with Crippen molar-refractivity contribution in [2.45, 2.75) is 18.8 Å². The number of amides is 2. The van der Waals surface area contributed by atoms with Crippen molar-refractivity contribution in [1.29, 1.82) is 0 Å². The van der Waals surface area contributed by atoms with E-state index in [1.165, 1.54) is 11.0 Å². The molecule has 1 saturated heterocycles. The number of hydrogen-bond acceptors (Lipinski definition) is 5. The SMILES string of the molecule is O=C1c2ccccc2C(=O)N1CCN1CCC(c2noc3cccc(F)c23)CC1. The van der Waals surface area contributed by atoms with Gasteiger partial charge in [0, 0.05) is 19.0 Å². The summed E-state index contributed by atoms with van der Waals surface area (Å²) < 4.78 is 19.5. The first-order valence-corrected chi connectivity index (χ1v) is 9.85. The lowest BCUT2D eigenvalue weighted by atomic mass is 9.91. The van der Waals surface area contributed by atoms with Crippen molar-refractivity contribution in [2.75, 3.05) is 26.2 Å². The molecule has 1 aromatic heterocycles. The molecule has 6 nitrogen and oxygen atoms in total. The van der Waals surface area contributed by atoms with E-state index >= 15 is 0 Å². The van der Waals surface area contributed by atoms with Gasteiger partial charge in [-0.2, -0.15) is 0 Å². The van der Waals surface area contributed by atoms with Gasteiger partial charge in [0.15, 0.2) is 5.58 Å². The molecule has 0 bridgehead atoms. The fourth-order valence-corrected chi connectivity index (χ4v) is 4.37. The van der Waals surface area contributed by atoms with Crippen LogP contribution >= 0.6 is 0 Å². The highest BCUT2D eigenvalue weighted by Gasteiger charge is 2.35. The van der Waals surface area contributed by atoms with Crippen molar-refractivity contribution >= 4 is 22.8 Å². The second-order valence-corrected chi connectivity index (χ2v) is 7.60. The zero-order valence-electron chi connectivity index (χ0n) is 15.8. The number of rotatable bonds is 4. The zero-order valence-corrected chi connectivity index (χ0v) is 15.8. The van der Waals surface area contributed by atoms with Crippen molar-refractivity contribution in [3.05, 3.63) is 65.1 Å². The third kappa shape index (κ3) is 3.02. The minimum atomic E-state index is -0.299. The van der Waals surface area contributed by atoms with Crippen LogP contribution in [0.15, 0.2) is 47.0 Å². The van der Waals surface area contributed by atoms with Gasteiger partial charge in [-0.15, -0.1) is 0 Å². The standard InChI is InChI=1S/C22H20FN3O3/c23-17-6-3-7-18-19(17)20(24-29-18)14-8-10-25(11-9-14)12-13-26-21(27)15-4-1-2-5-16(15)22(26)28/h1-7,14H,8-13H2. The average Bonchev–Trinajstić information content (AvgIpc) is 3.28. The van der Waals surface area contributed by atoms with Gasteiger partial charge < -0.3 is 9.42 Å². The lowest BCUT2D eigenvalue weighted by Gasteiger charge is -2.32. The molecule has 29 heavy (non-hydrogen) atoms. The molecule has 0 saturated carbocycles. The van der Waals surface area contributed by atoms with Crippen LogP contribution in [0.25, 0.3) is 11.0 Å². The second kappa shape index (κ2) is 7.08. The van der Waals surface area contributed by atoms with E-state index in [9.17, 15) is 14.0 Å². The van der Waals surface area contributed by atoms with E-state index in [1.54, 1.807) is 36.4 Å². The number of benzene rings is 2. The number of carbonyl (C=O) groups is 2. The van der Waals surface area contributed by atoms with E-state index in [1.807, 2.05) is 0 Å². The Labute approximate surface area is 166 Å². The Morgan fingerprint density at radius 2 is 1.66 bits per heavy atom. The molecular formula is C22H20FN3O3. The largest absolute Gasteiger partial charge is 0.356 e. The van der Waals surface area contributed by atoms with Crippen LogP contribution in [0.2, 0.25) is 0 Å². The third-order valence-corrected chi connectivity index (χ3v) is 5.97. The summed E-state index contributed by atoms with van der Waals surface area (Å²) in [6.07, 6.45) is 1.66. The van der Waals surface area contributed by atoms with Crippen LogP contribution in [0.3, 0.4) is 0 Å². The molecule has 3 aromatic rings. The highest BCUT2D eigenvalue weighted by Crippen LogP contribution is 2.33. The number of carbonyl (C=O) groups excluding carboxylic acids is 2. The summed E-state index contributed by atoms with van der Waals surface area (Å²) >= 11 is 0. The number of fused-ring (bicyclic) bond motifs is 2. The van der Waals surface area contributed by atoms with Crippen LogP contribution in [0.1, 0.15) is 45.2 Å². The summed E-state index contributed by atoms with van der Waals surface area (Å²) in [6, 6.07) is 11.7. The van der Waals surface area contributed by atoms with Crippen LogP contribution in [0.4, 0.5) is 4.39 Å². The number of halogens is 1. The van der Waals surface area contributed by atoms with E-state index < -0.39 is 0 Å². The van der Waals surface area contributed by atoms with Crippen molar-refractivity contribution in [3.63, 3.8) is 0 Å². The van der Waals surface area contributed by atoms with Gasteiger partial charge in [-0.1, -0.05) is 23.4 Å². The molecular weight excluding hydrogens is 373 g/mol. The minimum Gasteiger partial charge on any atom is -0.356 e. The molecule has 0 N–H and O–H groups in total. The highest BCUT2D eigenvalue weighted by atomic mass is 19.1. The lowest BCUT2D eigenvalue weighted by molar-refractivity contribution is 0.0629. The summed E-state index contributed by atoms with van der Waals surface area (Å²) in [5, 5.41) is 4.61. The van der Waals surface area contributed by atoms with Crippen LogP contribution in [-0.4, -0.2) is 52.9 Å². The first-order valence-electron chi connectivity index (χ1n) is 9.85. The number of imide groups is 1. The van der Waals surface area contributed by atoms with Gasteiger partial charge in [-0.25, -0.2) is 4.39 Å². The number of piperidine rings is 1. The first-order chi connectivity index (χ1) is 14.1. The van der Waals surface area contributed by atoms with Crippen LogP contribution < -0.4 is 0 Å². The van der Waals surface area contributed by atoms with E-state index in [2.05, 4.69) is 10.1 Å². The van der Waals surface area contributed by atoms with Crippen molar-refractivity contribution in [1.82, 2.24) is 15.0 Å². The number of aromatic nitrogens is 1. The van der Waals surface area contributed by atoms with Crippen molar-refractivity contribution in [3.8, 4) is 0 Å². The molecule has 0 spiro atoms. The molecule has 2 aliphatic heterocycles. The molecule has 2 amide bonds. The number of hydrogen-bond donors (Lipinski definition) is 0. The van der Waals surface area contributed by atoms with Gasteiger partial charge in [0.25, 0.3) is 11.8 Å². The third-order valence-electron chi connectivity index (χ3n) is 5.97. The summed E-state index contributed by atoms with van der Waals surface area (Å²) in [5.74, 6) is -0.592. The molecule has 0 radical (unpaired) electrons. The van der Waals surface area contributed by atoms with Crippen LogP contribution in [0.5, 0.6) is 0 Å². The van der Waals surface area contributed by atoms with Crippen LogP contribution in [-0.2, 0) is 0 Å². The molecule has 1 fully saturated rings. The molecule has 7 heteroatoms. The van der Waals surface area contributed by atoms with Gasteiger partial charge in [0.05, 0.1) is 22.2 Å². The highest BCUT2D eigenvalue weighted by molar-refractivity contribution is 6.21. The van der Waals surface area contributed by atoms with Gasteiger partial charge >= 0.3 is 0 Å². The maximum atomic E-state index is 14.2. The smallest absolute Gasteiger partial charge is 0.261 e. The van der Waals surface area contributed by atoms with E-state index in [-0.39, 0.29) is 23.5 Å². The molecule has 148 valence electrons. The Bertz CT molecular complexity index is 1070.